The van der Waals surface area contributed by atoms with Gasteiger partial charge in [0.1, 0.15) is 11.5 Å². The largest absolute Gasteiger partial charge is 0.465 e. The Balaban J connectivity index is 1.57. The Morgan fingerprint density at radius 2 is 2.21 bits per heavy atom. The lowest BCUT2D eigenvalue weighted by Gasteiger charge is -2.24. The molecule has 0 aromatic carbocycles. The van der Waals surface area contributed by atoms with Gasteiger partial charge in [0.15, 0.2) is 0 Å². The van der Waals surface area contributed by atoms with Crippen LogP contribution in [0.15, 0.2) is 22.1 Å². The number of nitrogens with zero attached hydrogens (tertiary/aromatic N) is 1. The Morgan fingerprint density at radius 3 is 2.89 bits per heavy atom. The zero-order valence-electron chi connectivity index (χ0n) is 12.0. The second-order valence-corrected chi connectivity index (χ2v) is 5.98. The van der Waals surface area contributed by atoms with Crippen LogP contribution in [0.4, 0.5) is 0 Å². The van der Waals surface area contributed by atoms with Gasteiger partial charge >= 0.3 is 0 Å². The van der Waals surface area contributed by atoms with Crippen LogP contribution < -0.4 is 5.32 Å². The minimum absolute atomic E-state index is 0.740. The molecule has 1 aliphatic heterocycles. The highest BCUT2D eigenvalue weighted by Gasteiger charge is 2.21. The van der Waals surface area contributed by atoms with Crippen LogP contribution in [0.1, 0.15) is 43.3 Å². The highest BCUT2D eigenvalue weighted by Crippen LogP contribution is 2.22. The summed E-state index contributed by atoms with van der Waals surface area (Å²) in [7, 11) is 0. The maximum Gasteiger partial charge on any atom is 0.118 e. The van der Waals surface area contributed by atoms with Crippen molar-refractivity contribution in [3.8, 4) is 0 Å². The van der Waals surface area contributed by atoms with Crippen LogP contribution in [0.25, 0.3) is 0 Å². The first-order valence-corrected chi connectivity index (χ1v) is 7.40. The Kier molecular flexibility index (Phi) is 3.76. The number of hydrogen-bond acceptors (Lipinski definition) is 3. The first-order valence-electron chi connectivity index (χ1n) is 7.40. The molecule has 1 N–H and O–H groups in total. The minimum atomic E-state index is 0.740. The standard InChI is InChI=1S/C16H24N2O/c1-12-5-7-18(8-6-12)11-14-9-16(19-13(14)2)10-17-15-3-4-15/h5,9,15,17H,3-4,6-8,10-11H2,1-2H3. The molecular formula is C16H24N2O. The summed E-state index contributed by atoms with van der Waals surface area (Å²) in [4.78, 5) is 2.49. The molecule has 1 fully saturated rings. The summed E-state index contributed by atoms with van der Waals surface area (Å²) in [6.07, 6.45) is 6.19. The van der Waals surface area contributed by atoms with Crippen molar-refractivity contribution >= 4 is 0 Å². The topological polar surface area (TPSA) is 28.4 Å². The van der Waals surface area contributed by atoms with E-state index in [1.807, 2.05) is 0 Å². The molecule has 2 heterocycles. The molecular weight excluding hydrogens is 236 g/mol. The van der Waals surface area contributed by atoms with Crippen molar-refractivity contribution in [2.45, 2.75) is 52.2 Å². The van der Waals surface area contributed by atoms with Crippen molar-refractivity contribution in [3.63, 3.8) is 0 Å². The fourth-order valence-corrected chi connectivity index (χ4v) is 2.56. The molecule has 3 nitrogen and oxygen atoms in total. The molecule has 19 heavy (non-hydrogen) atoms. The molecule has 2 aliphatic rings. The Bertz CT molecular complexity index is 471. The average Bonchev–Trinajstić information content (AvgIpc) is 3.16. The number of rotatable bonds is 5. The van der Waals surface area contributed by atoms with Gasteiger partial charge < -0.3 is 9.73 Å². The SMILES string of the molecule is CC1=CCN(Cc2cc(CNC3CC3)oc2C)CC1. The third-order valence-electron chi connectivity index (χ3n) is 4.13. The van der Waals surface area contributed by atoms with Crippen molar-refractivity contribution in [1.82, 2.24) is 10.2 Å². The van der Waals surface area contributed by atoms with E-state index < -0.39 is 0 Å². The van der Waals surface area contributed by atoms with Crippen LogP contribution in [0.5, 0.6) is 0 Å². The molecule has 3 rings (SSSR count). The summed E-state index contributed by atoms with van der Waals surface area (Å²) in [5.41, 5.74) is 2.87. The van der Waals surface area contributed by atoms with Crippen LogP contribution in [0.2, 0.25) is 0 Å². The number of furan rings is 1. The fraction of sp³-hybridized carbons (Fsp3) is 0.625. The first-order chi connectivity index (χ1) is 9.20. The zero-order valence-corrected chi connectivity index (χ0v) is 12.0. The molecule has 0 amide bonds. The lowest BCUT2D eigenvalue weighted by molar-refractivity contribution is 0.284. The molecule has 3 heteroatoms. The van der Waals surface area contributed by atoms with Gasteiger partial charge in [0.2, 0.25) is 0 Å². The van der Waals surface area contributed by atoms with Crippen molar-refractivity contribution in [3.05, 3.63) is 34.8 Å². The molecule has 1 aliphatic carbocycles. The molecule has 0 unspecified atom stereocenters. The Hall–Kier alpha value is -1.06. The highest BCUT2D eigenvalue weighted by molar-refractivity contribution is 5.21. The lowest BCUT2D eigenvalue weighted by Crippen LogP contribution is -2.27. The molecule has 0 spiro atoms. The fourth-order valence-electron chi connectivity index (χ4n) is 2.56. The van der Waals surface area contributed by atoms with E-state index in [0.717, 1.165) is 37.2 Å². The quantitative estimate of drug-likeness (QED) is 0.825. The van der Waals surface area contributed by atoms with Crippen LogP contribution in [-0.2, 0) is 13.1 Å². The minimum Gasteiger partial charge on any atom is -0.465 e. The smallest absolute Gasteiger partial charge is 0.118 e. The summed E-state index contributed by atoms with van der Waals surface area (Å²) >= 11 is 0. The maximum atomic E-state index is 5.85. The normalized spacial score (nSPS) is 20.6. The lowest BCUT2D eigenvalue weighted by atomic mass is 10.1. The molecule has 0 atom stereocenters. The molecule has 0 saturated heterocycles. The van der Waals surface area contributed by atoms with E-state index in [0.29, 0.717) is 0 Å². The molecule has 0 bridgehead atoms. The maximum absolute atomic E-state index is 5.85. The summed E-state index contributed by atoms with van der Waals surface area (Å²) in [6.45, 7) is 8.45. The predicted molar refractivity (Wildman–Crippen MR) is 77.0 cm³/mol. The van der Waals surface area contributed by atoms with Gasteiger partial charge in [-0.05, 0) is 39.2 Å². The van der Waals surface area contributed by atoms with Gasteiger partial charge in [-0.2, -0.15) is 0 Å². The molecule has 104 valence electrons. The van der Waals surface area contributed by atoms with E-state index in [1.54, 1.807) is 0 Å². The van der Waals surface area contributed by atoms with Crippen molar-refractivity contribution < 1.29 is 4.42 Å². The van der Waals surface area contributed by atoms with Crippen molar-refractivity contribution in [2.75, 3.05) is 13.1 Å². The van der Waals surface area contributed by atoms with E-state index in [1.165, 1.54) is 36.9 Å². The second kappa shape index (κ2) is 5.51. The zero-order chi connectivity index (χ0) is 13.2. The third kappa shape index (κ3) is 3.48. The first kappa shape index (κ1) is 12.9. The monoisotopic (exact) mass is 260 g/mol. The van der Waals surface area contributed by atoms with Crippen LogP contribution in [-0.4, -0.2) is 24.0 Å². The molecule has 1 aromatic rings. The van der Waals surface area contributed by atoms with Gasteiger partial charge in [-0.25, -0.2) is 0 Å². The molecule has 1 aromatic heterocycles. The Morgan fingerprint density at radius 1 is 1.37 bits per heavy atom. The third-order valence-corrected chi connectivity index (χ3v) is 4.13. The van der Waals surface area contributed by atoms with Crippen molar-refractivity contribution in [1.29, 1.82) is 0 Å². The second-order valence-electron chi connectivity index (χ2n) is 5.98. The summed E-state index contributed by atoms with van der Waals surface area (Å²) in [5, 5.41) is 3.51. The van der Waals surface area contributed by atoms with E-state index >= 15 is 0 Å². The Labute approximate surface area is 115 Å². The summed E-state index contributed by atoms with van der Waals surface area (Å²) in [6, 6.07) is 2.97. The predicted octanol–water partition coefficient (Wildman–Crippen LogP) is 2.99. The summed E-state index contributed by atoms with van der Waals surface area (Å²) in [5.74, 6) is 2.17. The van der Waals surface area contributed by atoms with E-state index in [-0.39, 0.29) is 0 Å². The number of nitrogens with one attached hydrogen (secondary N) is 1. The highest BCUT2D eigenvalue weighted by atomic mass is 16.3. The van der Waals surface area contributed by atoms with Crippen LogP contribution >= 0.6 is 0 Å². The van der Waals surface area contributed by atoms with E-state index in [4.69, 9.17) is 4.42 Å². The van der Waals surface area contributed by atoms with Crippen molar-refractivity contribution in [2.24, 2.45) is 0 Å². The average molecular weight is 260 g/mol. The van der Waals surface area contributed by atoms with Crippen LogP contribution in [0, 0.1) is 6.92 Å². The summed E-state index contributed by atoms with van der Waals surface area (Å²) < 4.78 is 5.85. The van der Waals surface area contributed by atoms with Gasteiger partial charge in [0, 0.05) is 31.2 Å². The number of hydrogen-bond donors (Lipinski definition) is 1. The molecule has 0 radical (unpaired) electrons. The van der Waals surface area contributed by atoms with Gasteiger partial charge in [0.25, 0.3) is 0 Å². The van der Waals surface area contributed by atoms with E-state index in [2.05, 4.69) is 36.2 Å². The van der Waals surface area contributed by atoms with Gasteiger partial charge in [0.05, 0.1) is 6.54 Å². The van der Waals surface area contributed by atoms with Gasteiger partial charge in [-0.15, -0.1) is 0 Å². The van der Waals surface area contributed by atoms with Crippen LogP contribution in [0.3, 0.4) is 0 Å². The van der Waals surface area contributed by atoms with Gasteiger partial charge in [-0.3, -0.25) is 4.90 Å². The number of aryl methyl sites for hydroxylation is 1. The molecule has 1 saturated carbocycles. The van der Waals surface area contributed by atoms with Gasteiger partial charge in [-0.1, -0.05) is 11.6 Å². The van der Waals surface area contributed by atoms with E-state index in [9.17, 15) is 0 Å².